The van der Waals surface area contributed by atoms with E-state index in [1.54, 1.807) is 12.1 Å². The number of halogens is 1. The normalized spacial score (nSPS) is 14.9. The Bertz CT molecular complexity index is 426. The maximum absolute atomic E-state index is 13.1. The predicted octanol–water partition coefficient (Wildman–Crippen LogP) is 5.74. The summed E-state index contributed by atoms with van der Waals surface area (Å²) in [5.74, 6) is 1.54. The molecular weight excluding hydrogens is 267 g/mol. The van der Waals surface area contributed by atoms with Crippen molar-refractivity contribution in [3.05, 3.63) is 48.3 Å². The van der Waals surface area contributed by atoms with Gasteiger partial charge in [0.15, 0.2) is 0 Å². The highest BCUT2D eigenvalue weighted by molar-refractivity contribution is 8.33. The molecule has 0 spiro atoms. The molecule has 0 bridgehead atoms. The van der Waals surface area contributed by atoms with Crippen LogP contribution in [0.5, 0.6) is 0 Å². The molecule has 0 aliphatic rings. The van der Waals surface area contributed by atoms with Crippen molar-refractivity contribution < 1.29 is 4.39 Å². The molecule has 0 heterocycles. The third kappa shape index (κ3) is 4.66. The van der Waals surface area contributed by atoms with Crippen LogP contribution in [0.15, 0.2) is 36.9 Å². The van der Waals surface area contributed by atoms with Gasteiger partial charge in [0.2, 0.25) is 0 Å². The third-order valence-electron chi connectivity index (χ3n) is 4.43. The van der Waals surface area contributed by atoms with E-state index in [2.05, 4.69) is 39.9 Å². The van der Waals surface area contributed by atoms with Gasteiger partial charge in [-0.2, -0.15) is 0 Å². The monoisotopic (exact) mass is 296 g/mol. The van der Waals surface area contributed by atoms with E-state index in [9.17, 15) is 4.39 Å². The van der Waals surface area contributed by atoms with Crippen LogP contribution in [-0.4, -0.2) is 23.0 Å². The molecule has 1 atom stereocenters. The predicted molar refractivity (Wildman–Crippen MR) is 92.6 cm³/mol. The number of allylic oxidation sites excluding steroid dienone is 1. The summed E-state index contributed by atoms with van der Waals surface area (Å²) in [5, 5.41) is 0. The van der Waals surface area contributed by atoms with Crippen LogP contribution in [0.3, 0.4) is 0 Å². The lowest BCUT2D eigenvalue weighted by Crippen LogP contribution is -2.26. The lowest BCUT2D eigenvalue weighted by Gasteiger charge is -2.45. The summed E-state index contributed by atoms with van der Waals surface area (Å²) >= 11 is 0. The molecule has 1 unspecified atom stereocenters. The van der Waals surface area contributed by atoms with Gasteiger partial charge in [-0.15, -0.1) is 6.58 Å². The fraction of sp³-hybridized carbons (Fsp3) is 0.556. The lowest BCUT2D eigenvalue weighted by atomic mass is 9.93. The summed E-state index contributed by atoms with van der Waals surface area (Å²) in [7, 11) is -0.636. The van der Waals surface area contributed by atoms with Crippen molar-refractivity contribution in [2.75, 3.05) is 18.3 Å². The molecule has 2 heteroatoms. The van der Waals surface area contributed by atoms with E-state index >= 15 is 0 Å². The van der Waals surface area contributed by atoms with Crippen molar-refractivity contribution in [3.8, 4) is 0 Å². The molecule has 1 aromatic rings. The highest BCUT2D eigenvalue weighted by Crippen LogP contribution is 2.54. The van der Waals surface area contributed by atoms with Gasteiger partial charge in [-0.3, -0.25) is 0 Å². The summed E-state index contributed by atoms with van der Waals surface area (Å²) in [6.45, 7) is 10.9. The lowest BCUT2D eigenvalue weighted by molar-refractivity contribution is 0.622. The van der Waals surface area contributed by atoms with Crippen LogP contribution >= 0.6 is 10.0 Å². The third-order valence-corrected chi connectivity index (χ3v) is 9.00. The molecule has 0 N–H and O–H groups in total. The zero-order valence-electron chi connectivity index (χ0n) is 13.6. The largest absolute Gasteiger partial charge is 0.242 e. The first-order valence-electron chi connectivity index (χ1n) is 7.24. The first-order valence-corrected chi connectivity index (χ1v) is 9.86. The molecule has 0 saturated carbocycles. The van der Waals surface area contributed by atoms with Gasteiger partial charge >= 0.3 is 0 Å². The van der Waals surface area contributed by atoms with Crippen molar-refractivity contribution in [3.63, 3.8) is 0 Å². The van der Waals surface area contributed by atoms with E-state index in [-0.39, 0.29) is 5.82 Å². The molecule has 20 heavy (non-hydrogen) atoms. The summed E-state index contributed by atoms with van der Waals surface area (Å²) in [4.78, 5) is 0. The number of hydrogen-bond acceptors (Lipinski definition) is 0. The molecule has 0 nitrogen and oxygen atoms in total. The molecule has 1 rings (SSSR count). The smallest absolute Gasteiger partial charge is 0.123 e. The Hall–Kier alpha value is -0.760. The summed E-state index contributed by atoms with van der Waals surface area (Å²) in [6.07, 6.45) is 8.93. The molecule has 0 fully saturated rings. The second-order valence-corrected chi connectivity index (χ2v) is 11.6. The standard InChI is InChI=1S/C18H29FS/c1-7-8-15(16-9-11-17(19)12-10-16)13-14-20(5,6)18(2,3)4/h7,9-12,15H,1,8,13-14H2,2-6H3. The van der Waals surface area contributed by atoms with Gasteiger partial charge in [0.25, 0.3) is 0 Å². The van der Waals surface area contributed by atoms with Crippen molar-refractivity contribution in [2.45, 2.75) is 44.3 Å². The second kappa shape index (κ2) is 6.80. The SMILES string of the molecule is C=CCC(CCS(C)(C)C(C)(C)C)c1ccc(F)cc1. The minimum atomic E-state index is -0.636. The molecule has 0 radical (unpaired) electrons. The Kier molecular flexibility index (Phi) is 5.88. The Morgan fingerprint density at radius 1 is 1.20 bits per heavy atom. The summed E-state index contributed by atoms with van der Waals surface area (Å²) in [5.41, 5.74) is 1.23. The van der Waals surface area contributed by atoms with Gasteiger partial charge in [0.05, 0.1) is 0 Å². The van der Waals surface area contributed by atoms with Gasteiger partial charge in [-0.05, 0) is 59.5 Å². The van der Waals surface area contributed by atoms with E-state index < -0.39 is 10.0 Å². The maximum Gasteiger partial charge on any atom is 0.123 e. The second-order valence-electron chi connectivity index (χ2n) is 6.92. The molecule has 0 aliphatic carbocycles. The quantitative estimate of drug-likeness (QED) is 0.587. The first-order chi connectivity index (χ1) is 9.17. The molecule has 0 aromatic heterocycles. The van der Waals surface area contributed by atoms with Crippen LogP contribution < -0.4 is 0 Å². The van der Waals surface area contributed by atoms with Crippen LogP contribution in [0.4, 0.5) is 4.39 Å². The Morgan fingerprint density at radius 3 is 2.20 bits per heavy atom. The zero-order valence-corrected chi connectivity index (χ0v) is 14.4. The topological polar surface area (TPSA) is 0 Å². The number of rotatable bonds is 6. The van der Waals surface area contributed by atoms with Crippen LogP contribution in [0.1, 0.15) is 45.1 Å². The number of hydrogen-bond donors (Lipinski definition) is 0. The van der Waals surface area contributed by atoms with E-state index in [1.165, 1.54) is 11.3 Å². The minimum absolute atomic E-state index is 0.160. The Morgan fingerprint density at radius 2 is 1.75 bits per heavy atom. The molecule has 1 aromatic carbocycles. The van der Waals surface area contributed by atoms with Crippen LogP contribution in [0, 0.1) is 5.82 Å². The molecule has 0 aliphatic heterocycles. The molecular formula is C18H29FS. The highest BCUT2D eigenvalue weighted by Gasteiger charge is 2.28. The van der Waals surface area contributed by atoms with Gasteiger partial charge < -0.3 is 0 Å². The fourth-order valence-corrected chi connectivity index (χ4v) is 3.59. The van der Waals surface area contributed by atoms with Crippen molar-refractivity contribution >= 4 is 10.0 Å². The van der Waals surface area contributed by atoms with Gasteiger partial charge in [-0.1, -0.05) is 39.0 Å². The highest BCUT2D eigenvalue weighted by atomic mass is 32.3. The van der Waals surface area contributed by atoms with Crippen LogP contribution in [0.2, 0.25) is 0 Å². The summed E-state index contributed by atoms with van der Waals surface area (Å²) < 4.78 is 13.4. The van der Waals surface area contributed by atoms with Crippen LogP contribution in [0.25, 0.3) is 0 Å². The van der Waals surface area contributed by atoms with E-state index in [0.29, 0.717) is 10.7 Å². The maximum atomic E-state index is 13.1. The molecule has 0 amide bonds. The Labute approximate surface area is 125 Å². The minimum Gasteiger partial charge on any atom is -0.242 e. The summed E-state index contributed by atoms with van der Waals surface area (Å²) in [6, 6.07) is 6.96. The van der Waals surface area contributed by atoms with Gasteiger partial charge in [0, 0.05) is 0 Å². The fourth-order valence-electron chi connectivity index (χ4n) is 2.10. The molecule has 114 valence electrons. The van der Waals surface area contributed by atoms with Crippen LogP contribution in [-0.2, 0) is 0 Å². The van der Waals surface area contributed by atoms with Crippen molar-refractivity contribution in [2.24, 2.45) is 0 Å². The Balaban J connectivity index is 2.78. The number of benzene rings is 1. The van der Waals surface area contributed by atoms with Gasteiger partial charge in [0.1, 0.15) is 5.82 Å². The van der Waals surface area contributed by atoms with Crippen molar-refractivity contribution in [1.29, 1.82) is 0 Å². The van der Waals surface area contributed by atoms with Crippen molar-refractivity contribution in [1.82, 2.24) is 0 Å². The van der Waals surface area contributed by atoms with E-state index in [0.717, 1.165) is 12.8 Å². The van der Waals surface area contributed by atoms with Gasteiger partial charge in [-0.25, -0.2) is 14.4 Å². The average molecular weight is 296 g/mol. The molecule has 0 saturated heterocycles. The average Bonchev–Trinajstić information content (AvgIpc) is 2.34. The van der Waals surface area contributed by atoms with E-state index in [1.807, 2.05) is 18.2 Å². The zero-order chi connectivity index (χ0) is 15.4. The first kappa shape index (κ1) is 17.3. The van der Waals surface area contributed by atoms with E-state index in [4.69, 9.17) is 0 Å².